The van der Waals surface area contributed by atoms with E-state index in [1.165, 1.54) is 44.2 Å². The second-order valence-electron chi connectivity index (χ2n) is 6.28. The van der Waals surface area contributed by atoms with Crippen molar-refractivity contribution >= 4 is 23.4 Å². The Morgan fingerprint density at radius 1 is 1.31 bits per heavy atom. The van der Waals surface area contributed by atoms with Gasteiger partial charge in [-0.25, -0.2) is 0 Å². The Morgan fingerprint density at radius 3 is 2.88 bits per heavy atom. The van der Waals surface area contributed by atoms with Gasteiger partial charge in [-0.1, -0.05) is 37.1 Å². The molecule has 26 heavy (non-hydrogen) atoms. The Morgan fingerprint density at radius 2 is 2.12 bits per heavy atom. The molecular formula is C17H20N4O4S. The van der Waals surface area contributed by atoms with E-state index >= 15 is 0 Å². The standard InChI is InChI=1S/C17H20N4O4S/c22-15(18-10-12-5-2-1-3-6-12)11-26-17-20-19-16(25-17)13-7-4-8-14(9-13)21(23)24/h4,7-9,12H,1-3,5-6,10-11H2,(H,18,22). The number of hydrogen-bond acceptors (Lipinski definition) is 7. The summed E-state index contributed by atoms with van der Waals surface area (Å²) >= 11 is 1.15. The number of carbonyl (C=O) groups is 1. The highest BCUT2D eigenvalue weighted by Gasteiger charge is 2.16. The van der Waals surface area contributed by atoms with Gasteiger partial charge in [0.1, 0.15) is 0 Å². The average Bonchev–Trinajstić information content (AvgIpc) is 3.15. The molecular weight excluding hydrogens is 356 g/mol. The monoisotopic (exact) mass is 376 g/mol. The maximum Gasteiger partial charge on any atom is 0.277 e. The summed E-state index contributed by atoms with van der Waals surface area (Å²) < 4.78 is 5.49. The molecule has 0 spiro atoms. The molecule has 1 aliphatic carbocycles. The third-order valence-corrected chi connectivity index (χ3v) is 5.17. The number of benzene rings is 1. The Hall–Kier alpha value is -2.42. The number of nitro benzene ring substituents is 1. The zero-order chi connectivity index (χ0) is 18.4. The second kappa shape index (κ2) is 8.79. The molecule has 1 amide bonds. The van der Waals surface area contributed by atoms with Crippen LogP contribution >= 0.6 is 11.8 Å². The number of thioether (sulfide) groups is 1. The summed E-state index contributed by atoms with van der Waals surface area (Å²) in [6, 6.07) is 5.99. The molecule has 0 aliphatic heterocycles. The lowest BCUT2D eigenvalue weighted by Gasteiger charge is -2.21. The normalized spacial score (nSPS) is 14.9. The van der Waals surface area contributed by atoms with E-state index in [1.54, 1.807) is 12.1 Å². The highest BCUT2D eigenvalue weighted by Crippen LogP contribution is 2.26. The molecule has 0 atom stereocenters. The van der Waals surface area contributed by atoms with Crippen LogP contribution in [-0.2, 0) is 4.79 Å². The fraction of sp³-hybridized carbons (Fsp3) is 0.471. The van der Waals surface area contributed by atoms with E-state index in [0.717, 1.165) is 18.3 Å². The molecule has 1 heterocycles. The molecule has 0 unspecified atom stereocenters. The van der Waals surface area contributed by atoms with Gasteiger partial charge in [0.2, 0.25) is 11.8 Å². The third kappa shape index (κ3) is 5.04. The molecule has 138 valence electrons. The molecule has 1 aliphatic rings. The molecule has 0 bridgehead atoms. The van der Waals surface area contributed by atoms with Crippen molar-refractivity contribution in [2.24, 2.45) is 5.92 Å². The minimum absolute atomic E-state index is 0.0445. The maximum absolute atomic E-state index is 12.0. The fourth-order valence-corrected chi connectivity index (χ4v) is 3.56. The van der Waals surface area contributed by atoms with E-state index in [4.69, 9.17) is 4.42 Å². The molecule has 3 rings (SSSR count). The molecule has 1 saturated carbocycles. The number of nitrogens with one attached hydrogen (secondary N) is 1. The minimum atomic E-state index is -0.480. The zero-order valence-corrected chi connectivity index (χ0v) is 15.0. The highest BCUT2D eigenvalue weighted by molar-refractivity contribution is 7.99. The van der Waals surface area contributed by atoms with E-state index < -0.39 is 4.92 Å². The van der Waals surface area contributed by atoms with Gasteiger partial charge >= 0.3 is 0 Å². The molecule has 9 heteroatoms. The van der Waals surface area contributed by atoms with E-state index in [-0.39, 0.29) is 28.5 Å². The van der Waals surface area contributed by atoms with E-state index in [0.29, 0.717) is 11.5 Å². The Labute approximate surface area is 154 Å². The van der Waals surface area contributed by atoms with Crippen LogP contribution < -0.4 is 5.32 Å². The number of nitrogens with zero attached hydrogens (tertiary/aromatic N) is 3. The van der Waals surface area contributed by atoms with E-state index in [9.17, 15) is 14.9 Å². The lowest BCUT2D eigenvalue weighted by molar-refractivity contribution is -0.384. The number of non-ortho nitro benzene ring substituents is 1. The van der Waals surface area contributed by atoms with Crippen molar-refractivity contribution in [2.45, 2.75) is 37.3 Å². The molecule has 1 aromatic carbocycles. The SMILES string of the molecule is O=C(CSc1nnc(-c2cccc([N+](=O)[O-])c2)o1)NCC1CCCCC1. The Kier molecular flexibility index (Phi) is 6.21. The van der Waals surface area contributed by atoms with Crippen molar-refractivity contribution in [3.8, 4) is 11.5 Å². The fourth-order valence-electron chi connectivity index (χ4n) is 2.97. The van der Waals surface area contributed by atoms with Crippen molar-refractivity contribution < 1.29 is 14.1 Å². The maximum atomic E-state index is 12.0. The number of nitro groups is 1. The number of aromatic nitrogens is 2. The number of rotatable bonds is 7. The summed E-state index contributed by atoms with van der Waals surface area (Å²) in [6.07, 6.45) is 6.16. The summed E-state index contributed by atoms with van der Waals surface area (Å²) in [5, 5.41) is 21.8. The van der Waals surface area contributed by atoms with E-state index in [2.05, 4.69) is 15.5 Å². The largest absolute Gasteiger partial charge is 0.411 e. The molecule has 0 saturated heterocycles. The second-order valence-corrected chi connectivity index (χ2v) is 7.20. The Bertz CT molecular complexity index is 774. The summed E-state index contributed by atoms with van der Waals surface area (Å²) in [5.74, 6) is 0.916. The van der Waals surface area contributed by atoms with Gasteiger partial charge in [-0.3, -0.25) is 14.9 Å². The van der Waals surface area contributed by atoms with Crippen LogP contribution in [0.4, 0.5) is 5.69 Å². The first-order valence-corrected chi connectivity index (χ1v) is 9.58. The lowest BCUT2D eigenvalue weighted by atomic mass is 9.89. The first-order valence-electron chi connectivity index (χ1n) is 8.59. The molecule has 1 fully saturated rings. The minimum Gasteiger partial charge on any atom is -0.411 e. The van der Waals surface area contributed by atoms with Gasteiger partial charge in [0, 0.05) is 24.2 Å². The smallest absolute Gasteiger partial charge is 0.277 e. The van der Waals surface area contributed by atoms with Crippen molar-refractivity contribution in [1.29, 1.82) is 0 Å². The van der Waals surface area contributed by atoms with Crippen LogP contribution in [0.15, 0.2) is 33.9 Å². The Balaban J connectivity index is 1.49. The topological polar surface area (TPSA) is 111 Å². The van der Waals surface area contributed by atoms with Crippen molar-refractivity contribution in [1.82, 2.24) is 15.5 Å². The van der Waals surface area contributed by atoms with Crippen LogP contribution in [0.1, 0.15) is 32.1 Å². The molecule has 8 nitrogen and oxygen atoms in total. The zero-order valence-electron chi connectivity index (χ0n) is 14.2. The first-order chi connectivity index (χ1) is 12.6. The van der Waals surface area contributed by atoms with Gasteiger partial charge in [-0.2, -0.15) is 0 Å². The van der Waals surface area contributed by atoms with E-state index in [1.807, 2.05) is 0 Å². The van der Waals surface area contributed by atoms with Gasteiger partial charge < -0.3 is 9.73 Å². The summed E-state index contributed by atoms with van der Waals surface area (Å²) in [5.41, 5.74) is 0.428. The molecule has 1 aromatic heterocycles. The van der Waals surface area contributed by atoms with Crippen molar-refractivity contribution in [2.75, 3.05) is 12.3 Å². The average molecular weight is 376 g/mol. The van der Waals surface area contributed by atoms with Crippen LogP contribution in [0.25, 0.3) is 11.5 Å². The molecule has 1 N–H and O–H groups in total. The number of hydrogen-bond donors (Lipinski definition) is 1. The van der Waals surface area contributed by atoms with Crippen molar-refractivity contribution in [3.05, 3.63) is 34.4 Å². The molecule has 2 aromatic rings. The first kappa shape index (κ1) is 18.4. The predicted molar refractivity (Wildman–Crippen MR) is 96.7 cm³/mol. The van der Waals surface area contributed by atoms with Crippen LogP contribution in [0.5, 0.6) is 0 Å². The van der Waals surface area contributed by atoms with Crippen LogP contribution in [0.3, 0.4) is 0 Å². The van der Waals surface area contributed by atoms with Crippen LogP contribution in [0.2, 0.25) is 0 Å². The number of amides is 1. The van der Waals surface area contributed by atoms with Gasteiger partial charge in [-0.05, 0) is 24.8 Å². The third-order valence-electron chi connectivity index (χ3n) is 4.35. The van der Waals surface area contributed by atoms with Crippen LogP contribution in [-0.4, -0.2) is 33.3 Å². The molecule has 0 radical (unpaired) electrons. The summed E-state index contributed by atoms with van der Waals surface area (Å²) in [6.45, 7) is 0.724. The van der Waals surface area contributed by atoms with Gasteiger partial charge in [0.05, 0.1) is 10.7 Å². The van der Waals surface area contributed by atoms with Gasteiger partial charge in [0.15, 0.2) is 0 Å². The predicted octanol–water partition coefficient (Wildman–Crippen LogP) is 3.43. The van der Waals surface area contributed by atoms with Crippen molar-refractivity contribution in [3.63, 3.8) is 0 Å². The highest BCUT2D eigenvalue weighted by atomic mass is 32.2. The van der Waals surface area contributed by atoms with Gasteiger partial charge in [0.25, 0.3) is 10.9 Å². The van der Waals surface area contributed by atoms with Gasteiger partial charge in [-0.15, -0.1) is 10.2 Å². The summed E-state index contributed by atoms with van der Waals surface area (Å²) in [7, 11) is 0. The number of carbonyl (C=O) groups excluding carboxylic acids is 1. The van der Waals surface area contributed by atoms with Crippen LogP contribution in [0, 0.1) is 16.0 Å². The lowest BCUT2D eigenvalue weighted by Crippen LogP contribution is -2.31. The quantitative estimate of drug-likeness (QED) is 0.447. The summed E-state index contributed by atoms with van der Waals surface area (Å²) in [4.78, 5) is 22.3.